The van der Waals surface area contributed by atoms with Crippen LogP contribution in [-0.4, -0.2) is 12.1 Å². The summed E-state index contributed by atoms with van der Waals surface area (Å²) in [7, 11) is 0. The minimum Gasteiger partial charge on any atom is -0.421 e. The molecule has 0 saturated heterocycles. The van der Waals surface area contributed by atoms with Crippen LogP contribution < -0.4 is 0 Å². The van der Waals surface area contributed by atoms with Gasteiger partial charge in [-0.05, 0) is 24.1 Å². The van der Waals surface area contributed by atoms with Crippen LogP contribution in [0.25, 0.3) is 0 Å². The van der Waals surface area contributed by atoms with Gasteiger partial charge >= 0.3 is 12.1 Å². The Labute approximate surface area is 137 Å². The minimum absolute atomic E-state index is 0.636. The zero-order valence-electron chi connectivity index (χ0n) is 12.9. The molecule has 0 spiro atoms. The summed E-state index contributed by atoms with van der Waals surface area (Å²) in [5.41, 5.74) is 2.28. The first kappa shape index (κ1) is 16.3. The summed E-state index contributed by atoms with van der Waals surface area (Å²) in [6.07, 6.45) is -3.69. The highest BCUT2D eigenvalue weighted by molar-refractivity contribution is 5.82. The van der Waals surface area contributed by atoms with E-state index in [4.69, 9.17) is 0 Å². The van der Waals surface area contributed by atoms with Gasteiger partial charge in [0.1, 0.15) is 0 Å². The van der Waals surface area contributed by atoms with Crippen molar-refractivity contribution in [1.82, 2.24) is 0 Å². The van der Waals surface area contributed by atoms with E-state index in [0.717, 1.165) is 11.6 Å². The number of benzene rings is 2. The van der Waals surface area contributed by atoms with Gasteiger partial charge < -0.3 is 4.74 Å². The monoisotopic (exact) mass is 332 g/mol. The normalized spacial score (nSPS) is 21.2. The lowest BCUT2D eigenvalue weighted by Gasteiger charge is -2.30. The number of carbonyl (C=O) groups is 1. The van der Waals surface area contributed by atoms with E-state index in [1.807, 2.05) is 19.1 Å². The van der Waals surface area contributed by atoms with Crippen LogP contribution >= 0.6 is 0 Å². The highest BCUT2D eigenvalue weighted by Crippen LogP contribution is 2.43. The van der Waals surface area contributed by atoms with Gasteiger partial charge in [-0.15, -0.1) is 0 Å². The number of esters is 1. The lowest BCUT2D eigenvalue weighted by atomic mass is 9.79. The topological polar surface area (TPSA) is 26.3 Å². The summed E-state index contributed by atoms with van der Waals surface area (Å²) < 4.78 is 43.7. The number of alkyl halides is 3. The number of aryl methyl sites for hydroxylation is 1. The molecule has 1 heterocycles. The van der Waals surface area contributed by atoms with Crippen LogP contribution in [0.5, 0.6) is 0 Å². The van der Waals surface area contributed by atoms with Gasteiger partial charge in [0.05, 0.1) is 5.92 Å². The van der Waals surface area contributed by atoms with E-state index < -0.39 is 29.7 Å². The highest BCUT2D eigenvalue weighted by Gasteiger charge is 2.45. The van der Waals surface area contributed by atoms with Crippen LogP contribution in [0.4, 0.5) is 13.2 Å². The number of hydrogen-bond acceptors (Lipinski definition) is 2. The van der Waals surface area contributed by atoms with Gasteiger partial charge in [-0.1, -0.05) is 60.2 Å². The molecule has 5 heteroatoms. The summed E-state index contributed by atoms with van der Waals surface area (Å²) in [5, 5.41) is 0. The van der Waals surface area contributed by atoms with Crippen molar-refractivity contribution < 1.29 is 22.7 Å². The second-order valence-electron chi connectivity index (χ2n) is 5.77. The van der Waals surface area contributed by atoms with Crippen molar-refractivity contribution in [3.63, 3.8) is 0 Å². The van der Waals surface area contributed by atoms with Crippen molar-refractivity contribution in [3.8, 4) is 0 Å². The van der Waals surface area contributed by atoms with Gasteiger partial charge in [-0.3, -0.25) is 4.79 Å². The Bertz CT molecular complexity index is 761. The predicted molar refractivity (Wildman–Crippen MR) is 83.3 cm³/mol. The summed E-state index contributed by atoms with van der Waals surface area (Å²) in [6.45, 7) is 1.90. The molecule has 0 unspecified atom stereocenters. The molecule has 0 N–H and O–H groups in total. The molecule has 2 atom stereocenters. The third-order valence-electron chi connectivity index (χ3n) is 4.05. The summed E-state index contributed by atoms with van der Waals surface area (Å²) in [6, 6.07) is 15.9. The fourth-order valence-corrected chi connectivity index (χ4v) is 2.85. The molecule has 3 rings (SSSR count). The molecule has 0 fully saturated rings. The molecule has 2 aromatic rings. The Balaban J connectivity index is 2.10. The molecule has 2 aromatic carbocycles. The summed E-state index contributed by atoms with van der Waals surface area (Å²) in [4.78, 5) is 12.4. The second kappa shape index (κ2) is 6.15. The van der Waals surface area contributed by atoms with Gasteiger partial charge in [-0.2, -0.15) is 13.2 Å². The van der Waals surface area contributed by atoms with Gasteiger partial charge in [0.15, 0.2) is 0 Å². The van der Waals surface area contributed by atoms with E-state index in [0.29, 0.717) is 11.1 Å². The average Bonchev–Trinajstić information content (AvgIpc) is 2.55. The van der Waals surface area contributed by atoms with Crippen molar-refractivity contribution in [1.29, 1.82) is 0 Å². The van der Waals surface area contributed by atoms with Crippen molar-refractivity contribution in [2.24, 2.45) is 0 Å². The van der Waals surface area contributed by atoms with E-state index in [2.05, 4.69) is 4.74 Å². The molecule has 0 aromatic heterocycles. The molecular formula is C19H15F3O2. The van der Waals surface area contributed by atoms with Crippen LogP contribution in [0.1, 0.15) is 28.5 Å². The molecule has 0 bridgehead atoms. The Morgan fingerprint density at radius 3 is 2.12 bits per heavy atom. The van der Waals surface area contributed by atoms with E-state index >= 15 is 0 Å². The molecule has 2 nitrogen and oxygen atoms in total. The quantitative estimate of drug-likeness (QED) is 0.734. The summed E-state index contributed by atoms with van der Waals surface area (Å²) >= 11 is 0. The van der Waals surface area contributed by atoms with Crippen LogP contribution in [0.3, 0.4) is 0 Å². The van der Waals surface area contributed by atoms with E-state index in [9.17, 15) is 18.0 Å². The first-order chi connectivity index (χ1) is 11.4. The Kier molecular flexibility index (Phi) is 4.18. The van der Waals surface area contributed by atoms with Gasteiger partial charge in [0.2, 0.25) is 5.76 Å². The van der Waals surface area contributed by atoms with Crippen LogP contribution in [0.15, 0.2) is 66.4 Å². The summed E-state index contributed by atoms with van der Waals surface area (Å²) in [5.74, 6) is -3.67. The molecular weight excluding hydrogens is 317 g/mol. The Morgan fingerprint density at radius 1 is 0.917 bits per heavy atom. The maximum atomic E-state index is 13.0. The van der Waals surface area contributed by atoms with Gasteiger partial charge in [-0.25, -0.2) is 0 Å². The van der Waals surface area contributed by atoms with Crippen molar-refractivity contribution in [2.75, 3.05) is 0 Å². The number of rotatable bonds is 2. The third kappa shape index (κ3) is 3.20. The average molecular weight is 332 g/mol. The van der Waals surface area contributed by atoms with Crippen LogP contribution in [-0.2, 0) is 9.53 Å². The fourth-order valence-electron chi connectivity index (χ4n) is 2.85. The number of ether oxygens (including phenoxy) is 1. The maximum absolute atomic E-state index is 13.0. The standard InChI is InChI=1S/C19H15F3O2/c1-12-7-9-14(10-8-12)17-15(13-5-3-2-4-6-13)11-16(19(20,21)22)24-18(17)23/h2-11,15,17H,1H3/t15-,17-/m0/s1. The molecule has 1 aliphatic heterocycles. The first-order valence-electron chi connectivity index (χ1n) is 7.48. The lowest BCUT2D eigenvalue weighted by molar-refractivity contribution is -0.164. The molecule has 1 aliphatic rings. The van der Waals surface area contributed by atoms with Crippen LogP contribution in [0.2, 0.25) is 0 Å². The zero-order valence-corrected chi connectivity index (χ0v) is 12.9. The number of allylic oxidation sites excluding steroid dienone is 2. The van der Waals surface area contributed by atoms with Crippen molar-refractivity contribution in [3.05, 3.63) is 83.1 Å². The van der Waals surface area contributed by atoms with Gasteiger partial charge in [0, 0.05) is 5.92 Å². The highest BCUT2D eigenvalue weighted by atomic mass is 19.4. The molecule has 24 heavy (non-hydrogen) atoms. The molecule has 0 saturated carbocycles. The Morgan fingerprint density at radius 2 is 1.54 bits per heavy atom. The number of hydrogen-bond donors (Lipinski definition) is 0. The smallest absolute Gasteiger partial charge is 0.421 e. The SMILES string of the molecule is Cc1ccc([C@@H]2C(=O)OC(C(F)(F)F)=C[C@H]2c2ccccc2)cc1. The number of cyclic esters (lactones) is 1. The molecule has 0 amide bonds. The molecule has 124 valence electrons. The van der Waals surface area contributed by atoms with E-state index in [1.54, 1.807) is 42.5 Å². The van der Waals surface area contributed by atoms with Gasteiger partial charge in [0.25, 0.3) is 0 Å². The minimum atomic E-state index is -4.69. The van der Waals surface area contributed by atoms with E-state index in [-0.39, 0.29) is 0 Å². The maximum Gasteiger partial charge on any atom is 0.449 e. The molecule has 0 radical (unpaired) electrons. The van der Waals surface area contributed by atoms with Crippen LogP contribution in [0, 0.1) is 6.92 Å². The largest absolute Gasteiger partial charge is 0.449 e. The van der Waals surface area contributed by atoms with Crippen molar-refractivity contribution in [2.45, 2.75) is 24.9 Å². The predicted octanol–water partition coefficient (Wildman–Crippen LogP) is 4.87. The molecule has 0 aliphatic carbocycles. The van der Waals surface area contributed by atoms with E-state index in [1.165, 1.54) is 0 Å². The second-order valence-corrected chi connectivity index (χ2v) is 5.77. The number of halogens is 3. The van der Waals surface area contributed by atoms with Crippen molar-refractivity contribution >= 4 is 5.97 Å². The zero-order chi connectivity index (χ0) is 17.3. The number of carbonyl (C=O) groups excluding carboxylic acids is 1. The third-order valence-corrected chi connectivity index (χ3v) is 4.05. The Hall–Kier alpha value is -2.56. The lowest BCUT2D eigenvalue weighted by Crippen LogP contribution is -2.31. The fraction of sp³-hybridized carbons (Fsp3) is 0.211. The first-order valence-corrected chi connectivity index (χ1v) is 7.48.